The molecule has 20 heavy (non-hydrogen) atoms. The molecule has 1 atom stereocenters. The number of hydrogen-bond donors (Lipinski definition) is 2. The fourth-order valence-corrected chi connectivity index (χ4v) is 2.87. The number of methoxy groups -OCH3 is 1. The number of likely N-dealkylation sites (N-methyl/N-ethyl adjacent to an activating group) is 1. The minimum Gasteiger partial charge on any atom is -0.465 e. The number of anilines is 1. The third-order valence-electron chi connectivity index (χ3n) is 2.95. The Morgan fingerprint density at radius 1 is 1.55 bits per heavy atom. The highest BCUT2D eigenvalue weighted by molar-refractivity contribution is 7.16. The highest BCUT2D eigenvalue weighted by Gasteiger charge is 2.33. The third-order valence-corrected chi connectivity index (χ3v) is 3.91. The Bertz CT molecular complexity index is 569. The summed E-state index contributed by atoms with van der Waals surface area (Å²) in [4.78, 5) is 35.9. The molecule has 2 N–H and O–H groups in total. The molecule has 0 unspecified atom stereocenters. The molecule has 108 valence electrons. The SMILES string of the molecule is COC(=O)c1cc(C)sc1NC(=O)[C@H]1CC(=O)NN1C. The molecule has 2 rings (SSSR count). The minimum atomic E-state index is -0.588. The highest BCUT2D eigenvalue weighted by atomic mass is 32.1. The number of nitrogens with one attached hydrogen (secondary N) is 2. The summed E-state index contributed by atoms with van der Waals surface area (Å²) in [6, 6.07) is 1.07. The van der Waals surface area contributed by atoms with Crippen LogP contribution in [0.15, 0.2) is 6.07 Å². The Morgan fingerprint density at radius 3 is 2.80 bits per heavy atom. The molecule has 0 saturated carbocycles. The fraction of sp³-hybridized carbons (Fsp3) is 0.417. The van der Waals surface area contributed by atoms with Crippen molar-refractivity contribution in [2.75, 3.05) is 19.5 Å². The molecule has 0 radical (unpaired) electrons. The lowest BCUT2D eigenvalue weighted by atomic mass is 10.2. The molecule has 0 spiro atoms. The monoisotopic (exact) mass is 297 g/mol. The van der Waals surface area contributed by atoms with Crippen LogP contribution < -0.4 is 10.7 Å². The van der Waals surface area contributed by atoms with E-state index in [1.165, 1.54) is 23.5 Å². The predicted molar refractivity (Wildman–Crippen MR) is 73.3 cm³/mol. The molecule has 1 aliphatic rings. The van der Waals surface area contributed by atoms with Crippen LogP contribution in [0.4, 0.5) is 5.00 Å². The molecule has 0 aliphatic carbocycles. The lowest BCUT2D eigenvalue weighted by Crippen LogP contribution is -2.41. The van der Waals surface area contributed by atoms with Gasteiger partial charge in [-0.2, -0.15) is 0 Å². The van der Waals surface area contributed by atoms with Crippen molar-refractivity contribution in [3.63, 3.8) is 0 Å². The van der Waals surface area contributed by atoms with Gasteiger partial charge in [-0.3, -0.25) is 15.0 Å². The standard InChI is InChI=1S/C12H15N3O4S/c1-6-4-7(12(18)19-3)11(20-6)13-10(17)8-5-9(16)14-15(8)2/h4,8H,5H2,1-3H3,(H,13,17)(H,14,16)/t8-/m1/s1. The number of carbonyl (C=O) groups is 3. The smallest absolute Gasteiger partial charge is 0.340 e. The molecule has 7 nitrogen and oxygen atoms in total. The number of rotatable bonds is 3. The van der Waals surface area contributed by atoms with Crippen molar-refractivity contribution >= 4 is 34.1 Å². The van der Waals surface area contributed by atoms with Crippen molar-refractivity contribution in [2.45, 2.75) is 19.4 Å². The van der Waals surface area contributed by atoms with E-state index in [9.17, 15) is 14.4 Å². The number of esters is 1. The van der Waals surface area contributed by atoms with E-state index < -0.39 is 12.0 Å². The molecule has 8 heteroatoms. The van der Waals surface area contributed by atoms with Crippen molar-refractivity contribution in [2.24, 2.45) is 0 Å². The minimum absolute atomic E-state index is 0.0975. The second kappa shape index (κ2) is 5.59. The van der Waals surface area contributed by atoms with E-state index in [-0.39, 0.29) is 18.2 Å². The van der Waals surface area contributed by atoms with Crippen molar-refractivity contribution in [3.05, 3.63) is 16.5 Å². The summed E-state index contributed by atoms with van der Waals surface area (Å²) in [6.07, 6.45) is 0.0975. The average molecular weight is 297 g/mol. The van der Waals surface area contributed by atoms with E-state index in [2.05, 4.69) is 15.5 Å². The molecule has 0 bridgehead atoms. The van der Waals surface area contributed by atoms with E-state index in [4.69, 9.17) is 0 Å². The normalized spacial score (nSPS) is 18.8. The van der Waals surface area contributed by atoms with Crippen LogP contribution in [0.2, 0.25) is 0 Å². The number of carbonyl (C=O) groups excluding carboxylic acids is 3. The van der Waals surface area contributed by atoms with Crippen LogP contribution in [0.1, 0.15) is 21.7 Å². The summed E-state index contributed by atoms with van der Waals surface area (Å²) < 4.78 is 4.68. The maximum absolute atomic E-state index is 12.2. The number of ether oxygens (including phenoxy) is 1. The van der Waals surface area contributed by atoms with Crippen LogP contribution >= 0.6 is 11.3 Å². The van der Waals surface area contributed by atoms with Gasteiger partial charge in [0.15, 0.2) is 0 Å². The van der Waals surface area contributed by atoms with Crippen LogP contribution in [0.25, 0.3) is 0 Å². The van der Waals surface area contributed by atoms with Crippen molar-refractivity contribution < 1.29 is 19.1 Å². The molecule has 1 fully saturated rings. The van der Waals surface area contributed by atoms with Crippen LogP contribution in [-0.4, -0.2) is 43.0 Å². The summed E-state index contributed by atoms with van der Waals surface area (Å²) >= 11 is 1.29. The van der Waals surface area contributed by atoms with Crippen LogP contribution in [0.3, 0.4) is 0 Å². The molecule has 1 aromatic rings. The number of nitrogens with zero attached hydrogens (tertiary/aromatic N) is 1. The van der Waals surface area contributed by atoms with Gasteiger partial charge in [0.25, 0.3) is 0 Å². The van der Waals surface area contributed by atoms with Gasteiger partial charge in [-0.1, -0.05) is 0 Å². The first kappa shape index (κ1) is 14.5. The zero-order valence-electron chi connectivity index (χ0n) is 11.4. The quantitative estimate of drug-likeness (QED) is 0.794. The van der Waals surface area contributed by atoms with Gasteiger partial charge in [-0.25, -0.2) is 9.80 Å². The number of aryl methyl sites for hydroxylation is 1. The maximum atomic E-state index is 12.2. The van der Waals surface area contributed by atoms with Gasteiger partial charge in [0, 0.05) is 11.9 Å². The molecular formula is C12H15N3O4S. The third kappa shape index (κ3) is 2.81. The first-order valence-electron chi connectivity index (χ1n) is 5.94. The van der Waals surface area contributed by atoms with Gasteiger partial charge in [0.2, 0.25) is 11.8 Å². The molecule has 1 saturated heterocycles. The van der Waals surface area contributed by atoms with E-state index in [0.717, 1.165) is 4.88 Å². The van der Waals surface area contributed by atoms with Gasteiger partial charge >= 0.3 is 5.97 Å². The first-order valence-corrected chi connectivity index (χ1v) is 6.76. The molecule has 0 aromatic carbocycles. The lowest BCUT2D eigenvalue weighted by Gasteiger charge is -2.17. The Labute approximate surface area is 119 Å². The Kier molecular flexibility index (Phi) is 4.05. The Morgan fingerprint density at radius 2 is 2.25 bits per heavy atom. The number of thiophene rings is 1. The average Bonchev–Trinajstić information content (AvgIpc) is 2.91. The first-order chi connectivity index (χ1) is 9.42. The van der Waals surface area contributed by atoms with Crippen molar-refractivity contribution in [3.8, 4) is 0 Å². The predicted octanol–water partition coefficient (Wildman–Crippen LogP) is 0.517. The van der Waals surface area contributed by atoms with Gasteiger partial charge < -0.3 is 10.1 Å². The van der Waals surface area contributed by atoms with Crippen LogP contribution in [0.5, 0.6) is 0 Å². The molecule has 2 amide bonds. The van der Waals surface area contributed by atoms with Crippen molar-refractivity contribution in [1.29, 1.82) is 0 Å². The van der Waals surface area contributed by atoms with E-state index in [1.807, 2.05) is 6.92 Å². The zero-order chi connectivity index (χ0) is 14.9. The Balaban J connectivity index is 2.16. The van der Waals surface area contributed by atoms with Crippen LogP contribution in [0, 0.1) is 6.92 Å². The summed E-state index contributed by atoms with van der Waals surface area (Å²) in [5, 5.41) is 4.58. The van der Waals surface area contributed by atoms with E-state index >= 15 is 0 Å². The van der Waals surface area contributed by atoms with Crippen LogP contribution in [-0.2, 0) is 14.3 Å². The number of hydrazine groups is 1. The zero-order valence-corrected chi connectivity index (χ0v) is 12.2. The van der Waals surface area contributed by atoms with Gasteiger partial charge in [0.05, 0.1) is 19.1 Å². The topological polar surface area (TPSA) is 87.7 Å². The summed E-state index contributed by atoms with van der Waals surface area (Å²) in [7, 11) is 2.91. The second-order valence-electron chi connectivity index (χ2n) is 4.45. The summed E-state index contributed by atoms with van der Waals surface area (Å²) in [5.74, 6) is -1.04. The summed E-state index contributed by atoms with van der Waals surface area (Å²) in [5.41, 5.74) is 2.86. The molecular weight excluding hydrogens is 282 g/mol. The number of hydrogen-bond acceptors (Lipinski definition) is 6. The molecule has 1 aliphatic heterocycles. The highest BCUT2D eigenvalue weighted by Crippen LogP contribution is 2.28. The maximum Gasteiger partial charge on any atom is 0.340 e. The molecule has 2 heterocycles. The second-order valence-corrected chi connectivity index (χ2v) is 5.70. The fourth-order valence-electron chi connectivity index (χ4n) is 1.97. The number of amides is 2. The Hall–Kier alpha value is -1.93. The molecule has 1 aromatic heterocycles. The largest absolute Gasteiger partial charge is 0.465 e. The summed E-state index contributed by atoms with van der Waals surface area (Å²) in [6.45, 7) is 1.83. The van der Waals surface area contributed by atoms with Gasteiger partial charge in [0.1, 0.15) is 11.0 Å². The lowest BCUT2D eigenvalue weighted by molar-refractivity contribution is -0.121. The van der Waals surface area contributed by atoms with Crippen molar-refractivity contribution in [1.82, 2.24) is 10.4 Å². The van der Waals surface area contributed by atoms with Gasteiger partial charge in [-0.05, 0) is 13.0 Å². The van der Waals surface area contributed by atoms with E-state index in [1.54, 1.807) is 13.1 Å². The van der Waals surface area contributed by atoms with E-state index in [0.29, 0.717) is 10.6 Å². The van der Waals surface area contributed by atoms with Gasteiger partial charge in [-0.15, -0.1) is 11.3 Å².